The quantitative estimate of drug-likeness (QED) is 0.609. The van der Waals surface area contributed by atoms with Crippen molar-refractivity contribution in [1.82, 2.24) is 4.57 Å². The van der Waals surface area contributed by atoms with Crippen LogP contribution in [0.3, 0.4) is 0 Å². The Kier molecular flexibility index (Phi) is 5.14. The Hall–Kier alpha value is -3.27. The van der Waals surface area contributed by atoms with E-state index in [1.807, 2.05) is 0 Å². The van der Waals surface area contributed by atoms with Crippen molar-refractivity contribution < 1.29 is 27.1 Å². The van der Waals surface area contributed by atoms with E-state index in [4.69, 9.17) is 13.9 Å². The molecule has 3 aromatic rings. The van der Waals surface area contributed by atoms with Gasteiger partial charge in [-0.05, 0) is 31.5 Å². The van der Waals surface area contributed by atoms with Gasteiger partial charge in [-0.3, -0.25) is 14.1 Å². The fourth-order valence-corrected chi connectivity index (χ4v) is 4.32. The maximum atomic E-state index is 13.1. The number of carbonyl (C=O) groups is 1. The zero-order valence-corrected chi connectivity index (χ0v) is 17.3. The van der Waals surface area contributed by atoms with Gasteiger partial charge in [0.1, 0.15) is 0 Å². The molecule has 0 unspecified atom stereocenters. The summed E-state index contributed by atoms with van der Waals surface area (Å²) in [4.78, 5) is 23.7. The number of aromatic nitrogens is 1. The molecule has 0 aliphatic rings. The van der Waals surface area contributed by atoms with Crippen molar-refractivity contribution >= 4 is 32.6 Å². The van der Waals surface area contributed by atoms with Crippen LogP contribution < -0.4 is 20.0 Å². The number of sulfonamides is 1. The molecule has 1 N–H and O–H groups in total. The number of Topliss-reactive ketones (excluding diaryl/α,β-unsaturated/α-hetero) is 1. The Morgan fingerprint density at radius 2 is 1.72 bits per heavy atom. The molecule has 2 aromatic carbocycles. The Bertz CT molecular complexity index is 1290. The first kappa shape index (κ1) is 20.5. The van der Waals surface area contributed by atoms with Gasteiger partial charge in [0.2, 0.25) is 0 Å². The number of methoxy groups -OCH3 is 2. The largest absolute Gasteiger partial charge is 0.493 e. The first-order valence-corrected chi connectivity index (χ1v) is 9.97. The number of hydrogen-bond donors (Lipinski definition) is 1. The predicted octanol–water partition coefficient (Wildman–Crippen LogP) is 2.46. The maximum Gasteiger partial charge on any atom is 0.419 e. The molecule has 0 aliphatic heterocycles. The summed E-state index contributed by atoms with van der Waals surface area (Å²) in [5.41, 5.74) is 1.19. The second-order valence-corrected chi connectivity index (χ2v) is 8.08. The summed E-state index contributed by atoms with van der Waals surface area (Å²) in [6, 6.07) is 5.62. The van der Waals surface area contributed by atoms with Crippen LogP contribution in [0, 0.1) is 6.92 Å². The van der Waals surface area contributed by atoms with Gasteiger partial charge < -0.3 is 13.9 Å². The monoisotopic (exact) mass is 420 g/mol. The molecule has 0 radical (unpaired) electrons. The number of carbonyl (C=O) groups excluding carboxylic acids is 1. The average molecular weight is 420 g/mol. The topological polar surface area (TPSA) is 117 Å². The van der Waals surface area contributed by atoms with E-state index in [1.54, 1.807) is 13.0 Å². The van der Waals surface area contributed by atoms with Crippen LogP contribution in [-0.2, 0) is 17.1 Å². The number of nitrogens with one attached hydrogen (secondary N) is 1. The number of oxazole rings is 1. The molecule has 1 heterocycles. The summed E-state index contributed by atoms with van der Waals surface area (Å²) in [5.74, 6) is -0.397. The zero-order valence-electron chi connectivity index (χ0n) is 16.5. The fourth-order valence-electron chi connectivity index (χ4n) is 3.00. The van der Waals surface area contributed by atoms with Crippen molar-refractivity contribution in [1.29, 1.82) is 0 Å². The number of ketones is 1. The lowest BCUT2D eigenvalue weighted by Gasteiger charge is -2.16. The normalized spacial score (nSPS) is 11.5. The van der Waals surface area contributed by atoms with Gasteiger partial charge in [0.15, 0.2) is 22.9 Å². The van der Waals surface area contributed by atoms with E-state index in [0.29, 0.717) is 16.8 Å². The van der Waals surface area contributed by atoms with Gasteiger partial charge in [-0.1, -0.05) is 0 Å². The Labute approximate surface area is 166 Å². The Balaban J connectivity index is 2.15. The first-order chi connectivity index (χ1) is 13.6. The number of fused-ring (bicyclic) bond motifs is 1. The van der Waals surface area contributed by atoms with Crippen LogP contribution in [0.15, 0.2) is 38.4 Å². The fraction of sp³-hybridized carbons (Fsp3) is 0.263. The molecule has 0 spiro atoms. The predicted molar refractivity (Wildman–Crippen MR) is 107 cm³/mol. The van der Waals surface area contributed by atoms with Crippen molar-refractivity contribution in [2.24, 2.45) is 7.05 Å². The SMILES string of the molecule is COc1cc(NS(=O)(=O)c2cc3oc(=O)n(C)c3cc2C)c(C(C)=O)cc1OC. The summed E-state index contributed by atoms with van der Waals surface area (Å²) in [6.07, 6.45) is 0. The lowest BCUT2D eigenvalue weighted by atomic mass is 10.1. The number of anilines is 1. The molecule has 3 rings (SSSR count). The van der Waals surface area contributed by atoms with Crippen LogP contribution in [0.5, 0.6) is 11.5 Å². The third-order valence-electron chi connectivity index (χ3n) is 4.53. The van der Waals surface area contributed by atoms with Crippen molar-refractivity contribution in [3.8, 4) is 11.5 Å². The second kappa shape index (κ2) is 7.28. The number of nitrogens with zero attached hydrogens (tertiary/aromatic N) is 1. The van der Waals surface area contributed by atoms with Crippen molar-refractivity contribution in [3.63, 3.8) is 0 Å². The standard InChI is InChI=1S/C19H20N2O7S/c1-10-6-14-15(28-19(23)21(14)3)9-18(10)29(24,25)20-13-8-17(27-5)16(26-4)7-12(13)11(2)22/h6-9,20H,1-5H3. The molecule has 0 amide bonds. The van der Waals surface area contributed by atoms with Crippen LogP contribution >= 0.6 is 0 Å². The van der Waals surface area contributed by atoms with Crippen LogP contribution in [0.2, 0.25) is 0 Å². The number of aryl methyl sites for hydroxylation is 2. The van der Waals surface area contributed by atoms with Crippen molar-refractivity contribution in [2.45, 2.75) is 18.7 Å². The van der Waals surface area contributed by atoms with Gasteiger partial charge in [-0.25, -0.2) is 13.2 Å². The molecule has 154 valence electrons. The van der Waals surface area contributed by atoms with Crippen LogP contribution in [0.25, 0.3) is 11.1 Å². The molecule has 0 saturated carbocycles. The minimum Gasteiger partial charge on any atom is -0.493 e. The third-order valence-corrected chi connectivity index (χ3v) is 6.03. The molecule has 0 aliphatic carbocycles. The number of rotatable bonds is 6. The third kappa shape index (κ3) is 3.58. The smallest absolute Gasteiger partial charge is 0.419 e. The molecule has 1 aromatic heterocycles. The summed E-state index contributed by atoms with van der Waals surface area (Å²) >= 11 is 0. The number of ether oxygens (including phenoxy) is 2. The molecule has 10 heteroatoms. The highest BCUT2D eigenvalue weighted by Crippen LogP contribution is 2.35. The molecular formula is C19H20N2O7S. The summed E-state index contributed by atoms with van der Waals surface area (Å²) in [5, 5.41) is 0. The Morgan fingerprint density at radius 3 is 2.31 bits per heavy atom. The van der Waals surface area contributed by atoms with E-state index in [0.717, 1.165) is 0 Å². The maximum absolute atomic E-state index is 13.1. The molecule has 0 bridgehead atoms. The van der Waals surface area contributed by atoms with Gasteiger partial charge in [0, 0.05) is 24.7 Å². The van der Waals surface area contributed by atoms with E-state index in [-0.39, 0.29) is 33.3 Å². The van der Waals surface area contributed by atoms with Crippen molar-refractivity contribution in [2.75, 3.05) is 18.9 Å². The van der Waals surface area contributed by atoms with Gasteiger partial charge in [0.05, 0.1) is 30.3 Å². The summed E-state index contributed by atoms with van der Waals surface area (Å²) in [6.45, 7) is 2.92. The molecule has 0 atom stereocenters. The number of hydrogen-bond acceptors (Lipinski definition) is 7. The van der Waals surface area contributed by atoms with E-state index in [1.165, 1.54) is 51.0 Å². The highest BCUT2D eigenvalue weighted by Gasteiger charge is 2.23. The number of benzene rings is 2. The average Bonchev–Trinajstić information content (AvgIpc) is 2.93. The lowest BCUT2D eigenvalue weighted by molar-refractivity contribution is 0.101. The minimum absolute atomic E-state index is 0.0455. The van der Waals surface area contributed by atoms with Gasteiger partial charge in [-0.2, -0.15) is 0 Å². The zero-order chi connectivity index (χ0) is 21.5. The molecule has 0 fully saturated rings. The van der Waals surface area contributed by atoms with Crippen LogP contribution in [0.1, 0.15) is 22.8 Å². The summed E-state index contributed by atoms with van der Waals surface area (Å²) in [7, 11) is 0.237. The first-order valence-electron chi connectivity index (χ1n) is 8.49. The lowest BCUT2D eigenvalue weighted by Crippen LogP contribution is -2.16. The van der Waals surface area contributed by atoms with Gasteiger partial charge >= 0.3 is 5.76 Å². The molecular weight excluding hydrogens is 400 g/mol. The van der Waals surface area contributed by atoms with E-state index in [2.05, 4.69) is 4.72 Å². The molecule has 29 heavy (non-hydrogen) atoms. The minimum atomic E-state index is -4.11. The summed E-state index contributed by atoms with van der Waals surface area (Å²) < 4.78 is 45.3. The van der Waals surface area contributed by atoms with Crippen molar-refractivity contribution in [3.05, 3.63) is 45.9 Å². The van der Waals surface area contributed by atoms with Gasteiger partial charge in [-0.15, -0.1) is 0 Å². The van der Waals surface area contributed by atoms with Crippen LogP contribution in [-0.4, -0.2) is 33.0 Å². The van der Waals surface area contributed by atoms with E-state index >= 15 is 0 Å². The van der Waals surface area contributed by atoms with Crippen LogP contribution in [0.4, 0.5) is 5.69 Å². The van der Waals surface area contributed by atoms with E-state index in [9.17, 15) is 18.0 Å². The van der Waals surface area contributed by atoms with E-state index < -0.39 is 15.8 Å². The molecule has 0 saturated heterocycles. The van der Waals surface area contributed by atoms with Gasteiger partial charge in [0.25, 0.3) is 10.0 Å². The second-order valence-electron chi connectivity index (χ2n) is 6.43. The molecule has 9 nitrogen and oxygen atoms in total. The highest BCUT2D eigenvalue weighted by atomic mass is 32.2. The highest BCUT2D eigenvalue weighted by molar-refractivity contribution is 7.92. The Morgan fingerprint density at radius 1 is 1.10 bits per heavy atom.